The van der Waals surface area contributed by atoms with Gasteiger partial charge in [0.15, 0.2) is 0 Å². The van der Waals surface area contributed by atoms with Crippen LogP contribution in [0.25, 0.3) is 0 Å². The van der Waals surface area contributed by atoms with Crippen LogP contribution in [0.3, 0.4) is 0 Å². The van der Waals surface area contributed by atoms with E-state index in [-0.39, 0.29) is 48.6 Å². The number of likely N-dealkylation sites (N-methyl/N-ethyl adjacent to an activating group) is 1. The van der Waals surface area contributed by atoms with E-state index in [4.69, 9.17) is 19.9 Å². The van der Waals surface area contributed by atoms with Gasteiger partial charge in [0.05, 0.1) is 49.3 Å². The summed E-state index contributed by atoms with van der Waals surface area (Å²) in [5, 5.41) is 5.33. The van der Waals surface area contributed by atoms with Crippen molar-refractivity contribution in [1.82, 2.24) is 20.4 Å². The fraction of sp³-hybridized carbons (Fsp3) is 0.711. The standard InChI is InChI=1S/C38H63N5O8/c1-12-24(4)32(42(8)31(23(2)3)35(46)41-37(48)38(6,7)39)29(49-9)22-30(44)43-20-16-19-28(43)33(50-10)25(5)34(45)40-27(36(47)51-11)21-26-17-14-13-15-18-26/h13-15,17-18,23-25,27-29,31-33H,12,16,19-22,39H2,1-11H3,(H,40,45)(H,41,46,48)/t24-,25+,27-,28-,29+,31-,32-,33+/m0/s1. The highest BCUT2D eigenvalue weighted by molar-refractivity contribution is 6.01. The third-order valence-electron chi connectivity index (χ3n) is 10.2. The number of carbonyl (C=O) groups is 5. The number of imide groups is 1. The Morgan fingerprint density at radius 2 is 1.63 bits per heavy atom. The lowest BCUT2D eigenvalue weighted by Gasteiger charge is -2.43. The maximum atomic E-state index is 14.2. The fourth-order valence-electron chi connectivity index (χ4n) is 7.17. The number of nitrogens with two attached hydrogens (primary N) is 1. The first kappa shape index (κ1) is 43.8. The van der Waals surface area contributed by atoms with E-state index < -0.39 is 53.5 Å². The van der Waals surface area contributed by atoms with Gasteiger partial charge >= 0.3 is 5.97 Å². The van der Waals surface area contributed by atoms with Crippen LogP contribution in [0.2, 0.25) is 0 Å². The highest BCUT2D eigenvalue weighted by atomic mass is 16.5. The molecule has 0 unspecified atom stereocenters. The molecule has 13 nitrogen and oxygen atoms in total. The summed E-state index contributed by atoms with van der Waals surface area (Å²) in [6, 6.07) is 7.04. The molecule has 4 amide bonds. The topological polar surface area (TPSA) is 170 Å². The molecular formula is C38H63N5O8. The van der Waals surface area contributed by atoms with Crippen molar-refractivity contribution in [1.29, 1.82) is 0 Å². The third-order valence-corrected chi connectivity index (χ3v) is 10.2. The minimum atomic E-state index is -1.23. The summed E-state index contributed by atoms with van der Waals surface area (Å²) >= 11 is 0. The second-order valence-corrected chi connectivity index (χ2v) is 14.8. The third kappa shape index (κ3) is 11.8. The fourth-order valence-corrected chi connectivity index (χ4v) is 7.17. The smallest absolute Gasteiger partial charge is 0.328 e. The molecule has 13 heteroatoms. The van der Waals surface area contributed by atoms with Gasteiger partial charge in [-0.15, -0.1) is 0 Å². The zero-order valence-electron chi connectivity index (χ0n) is 32.6. The van der Waals surface area contributed by atoms with Crippen LogP contribution in [0, 0.1) is 17.8 Å². The monoisotopic (exact) mass is 717 g/mol. The van der Waals surface area contributed by atoms with Gasteiger partial charge in [-0.2, -0.15) is 0 Å². The summed E-state index contributed by atoms with van der Waals surface area (Å²) in [6.45, 7) is 13.2. The van der Waals surface area contributed by atoms with Crippen LogP contribution in [-0.4, -0.2) is 116 Å². The largest absolute Gasteiger partial charge is 0.467 e. The Bertz CT molecular complexity index is 1300. The van der Waals surface area contributed by atoms with E-state index in [0.717, 1.165) is 18.4 Å². The molecule has 4 N–H and O–H groups in total. The van der Waals surface area contributed by atoms with Crippen molar-refractivity contribution >= 4 is 29.6 Å². The Kier molecular flexibility index (Phi) is 17.2. The number of rotatable bonds is 19. The van der Waals surface area contributed by atoms with Gasteiger partial charge in [0.2, 0.25) is 23.6 Å². The minimum Gasteiger partial charge on any atom is -0.467 e. The Morgan fingerprint density at radius 3 is 2.14 bits per heavy atom. The second kappa shape index (κ2) is 20.0. The first-order valence-electron chi connectivity index (χ1n) is 18.1. The molecule has 2 rings (SSSR count). The average Bonchev–Trinajstić information content (AvgIpc) is 3.56. The van der Waals surface area contributed by atoms with E-state index in [1.807, 2.05) is 63.1 Å². The van der Waals surface area contributed by atoms with Crippen molar-refractivity contribution in [3.63, 3.8) is 0 Å². The van der Waals surface area contributed by atoms with E-state index in [9.17, 15) is 24.0 Å². The van der Waals surface area contributed by atoms with Crippen LogP contribution >= 0.6 is 0 Å². The lowest BCUT2D eigenvalue weighted by Crippen LogP contribution is -2.60. The SMILES string of the molecule is CC[C@H](C)[C@@H]([C@@H](CC(=O)N1CCC[C@H]1[C@H](OC)[C@@H](C)C(=O)N[C@@H](Cc1ccccc1)C(=O)OC)OC)N(C)[C@H](C(=O)NC(=O)C(C)(C)N)C(C)C. The van der Waals surface area contributed by atoms with Gasteiger partial charge in [-0.1, -0.05) is 71.4 Å². The molecule has 0 radical (unpaired) electrons. The number of ether oxygens (including phenoxy) is 3. The van der Waals surface area contributed by atoms with Crippen LogP contribution in [0.15, 0.2) is 30.3 Å². The molecular weight excluding hydrogens is 654 g/mol. The van der Waals surface area contributed by atoms with Crippen molar-refractivity contribution < 1.29 is 38.2 Å². The lowest BCUT2D eigenvalue weighted by molar-refractivity contribution is -0.147. The number of nitrogens with zero attached hydrogens (tertiary/aromatic N) is 2. The minimum absolute atomic E-state index is 0.0203. The predicted molar refractivity (Wildman–Crippen MR) is 195 cm³/mol. The number of hydrogen-bond acceptors (Lipinski definition) is 10. The van der Waals surface area contributed by atoms with E-state index >= 15 is 0 Å². The van der Waals surface area contributed by atoms with Crippen molar-refractivity contribution in [2.24, 2.45) is 23.5 Å². The van der Waals surface area contributed by atoms with Gasteiger partial charge in [-0.25, -0.2) is 4.79 Å². The van der Waals surface area contributed by atoms with Crippen molar-refractivity contribution in [2.45, 2.75) is 122 Å². The Labute approximate surface area is 304 Å². The molecule has 8 atom stereocenters. The van der Waals surface area contributed by atoms with E-state index in [0.29, 0.717) is 13.0 Å². The molecule has 0 saturated carbocycles. The molecule has 1 fully saturated rings. The Morgan fingerprint density at radius 1 is 1.00 bits per heavy atom. The summed E-state index contributed by atoms with van der Waals surface area (Å²) in [5.41, 5.74) is 5.59. The zero-order chi connectivity index (χ0) is 38.6. The summed E-state index contributed by atoms with van der Waals surface area (Å²) in [7, 11) is 6.20. The number of amides is 4. The maximum Gasteiger partial charge on any atom is 0.328 e. The molecule has 0 aliphatic carbocycles. The number of carbonyl (C=O) groups excluding carboxylic acids is 5. The number of hydrogen-bond donors (Lipinski definition) is 3. The molecule has 1 saturated heterocycles. The first-order valence-corrected chi connectivity index (χ1v) is 18.1. The summed E-state index contributed by atoms with van der Waals surface area (Å²) < 4.78 is 16.9. The van der Waals surface area contributed by atoms with E-state index in [2.05, 4.69) is 17.6 Å². The van der Waals surface area contributed by atoms with E-state index in [1.165, 1.54) is 28.1 Å². The molecule has 1 aromatic carbocycles. The molecule has 1 aromatic rings. The van der Waals surface area contributed by atoms with Gasteiger partial charge < -0.3 is 30.2 Å². The van der Waals surface area contributed by atoms with Crippen molar-refractivity contribution in [3.8, 4) is 0 Å². The summed E-state index contributed by atoms with van der Waals surface area (Å²) in [4.78, 5) is 70.2. The van der Waals surface area contributed by atoms with Crippen LogP contribution in [0.4, 0.5) is 0 Å². The zero-order valence-corrected chi connectivity index (χ0v) is 32.6. The molecule has 0 spiro atoms. The van der Waals surface area contributed by atoms with Crippen molar-refractivity contribution in [3.05, 3.63) is 35.9 Å². The number of nitrogens with one attached hydrogen (secondary N) is 2. The van der Waals surface area contributed by atoms with Gasteiger partial charge in [0, 0.05) is 33.2 Å². The van der Waals surface area contributed by atoms with Crippen molar-refractivity contribution in [2.75, 3.05) is 34.9 Å². The number of methoxy groups -OCH3 is 3. The predicted octanol–water partition coefficient (Wildman–Crippen LogP) is 2.69. The number of likely N-dealkylation sites (tertiary alicyclic amines) is 1. The summed E-state index contributed by atoms with van der Waals surface area (Å²) in [5.74, 6) is -2.96. The molecule has 51 heavy (non-hydrogen) atoms. The normalized spacial score (nSPS) is 19.1. The maximum absolute atomic E-state index is 14.2. The van der Waals surface area contributed by atoms with Crippen LogP contribution < -0.4 is 16.4 Å². The van der Waals surface area contributed by atoms with Crippen LogP contribution in [0.1, 0.15) is 79.7 Å². The Hall–Kier alpha value is -3.39. The number of benzene rings is 1. The van der Waals surface area contributed by atoms with E-state index in [1.54, 1.807) is 18.9 Å². The van der Waals surface area contributed by atoms with Crippen LogP contribution in [-0.2, 0) is 44.6 Å². The Balaban J connectivity index is 2.28. The molecule has 0 aromatic heterocycles. The molecule has 1 aliphatic rings. The molecule has 288 valence electrons. The molecule has 0 bridgehead atoms. The van der Waals surface area contributed by atoms with Gasteiger partial charge in [-0.3, -0.25) is 29.4 Å². The molecule has 1 heterocycles. The first-order chi connectivity index (χ1) is 23.9. The quantitative estimate of drug-likeness (QED) is 0.181. The number of esters is 1. The lowest BCUT2D eigenvalue weighted by atomic mass is 9.87. The van der Waals surface area contributed by atoms with Gasteiger partial charge in [0.25, 0.3) is 0 Å². The molecule has 1 aliphatic heterocycles. The van der Waals surface area contributed by atoms with Gasteiger partial charge in [-0.05, 0) is 51.1 Å². The highest BCUT2D eigenvalue weighted by Gasteiger charge is 2.44. The second-order valence-electron chi connectivity index (χ2n) is 14.8. The van der Waals surface area contributed by atoms with Crippen LogP contribution in [0.5, 0.6) is 0 Å². The average molecular weight is 718 g/mol. The van der Waals surface area contributed by atoms with Gasteiger partial charge in [0.1, 0.15) is 6.04 Å². The highest BCUT2D eigenvalue weighted by Crippen LogP contribution is 2.30. The summed E-state index contributed by atoms with van der Waals surface area (Å²) in [6.07, 6.45) is 1.20.